The number of aromatic nitrogens is 3. The molecule has 1 aliphatic rings. The SMILES string of the molecule is Cc1ccc(Cn2c(=O)nc(N3CCN(C(=O)OC(C)(C)C)C[C@@H]3C)c3cc(Cl)c(Cl)nc32)cc1. The molecule has 1 atom stereocenters. The quantitative estimate of drug-likeness (QED) is 0.459. The number of piperazine rings is 1. The Hall–Kier alpha value is -2.84. The molecule has 0 unspecified atom stereocenters. The molecule has 0 N–H and O–H groups in total. The number of pyridine rings is 1. The van der Waals surface area contributed by atoms with Gasteiger partial charge in [0.2, 0.25) is 0 Å². The molecule has 2 aromatic heterocycles. The summed E-state index contributed by atoms with van der Waals surface area (Å²) < 4.78 is 7.03. The summed E-state index contributed by atoms with van der Waals surface area (Å²) in [4.78, 5) is 38.4. The van der Waals surface area contributed by atoms with Crippen molar-refractivity contribution >= 4 is 46.1 Å². The Balaban J connectivity index is 1.71. The molecule has 10 heteroatoms. The molecular formula is C25H29Cl2N5O3. The van der Waals surface area contributed by atoms with Gasteiger partial charge in [0.15, 0.2) is 0 Å². The van der Waals surface area contributed by atoms with Crippen LogP contribution < -0.4 is 10.6 Å². The fraction of sp³-hybridized carbons (Fsp3) is 0.440. The van der Waals surface area contributed by atoms with Crippen LogP contribution in [0.25, 0.3) is 11.0 Å². The molecule has 1 fully saturated rings. The number of amides is 1. The first-order valence-corrected chi connectivity index (χ1v) is 12.3. The average Bonchev–Trinajstić information content (AvgIpc) is 2.77. The van der Waals surface area contributed by atoms with E-state index in [2.05, 4.69) is 9.97 Å². The third-order valence-corrected chi connectivity index (χ3v) is 6.53. The van der Waals surface area contributed by atoms with Crippen molar-refractivity contribution in [3.63, 3.8) is 0 Å². The van der Waals surface area contributed by atoms with Gasteiger partial charge in [-0.05, 0) is 46.2 Å². The van der Waals surface area contributed by atoms with Crippen LogP contribution in [-0.2, 0) is 11.3 Å². The summed E-state index contributed by atoms with van der Waals surface area (Å²) in [5.74, 6) is 0.479. The van der Waals surface area contributed by atoms with Crippen molar-refractivity contribution in [2.75, 3.05) is 24.5 Å². The van der Waals surface area contributed by atoms with E-state index in [4.69, 9.17) is 27.9 Å². The Morgan fingerprint density at radius 1 is 1.14 bits per heavy atom. The van der Waals surface area contributed by atoms with E-state index in [0.717, 1.165) is 11.1 Å². The van der Waals surface area contributed by atoms with E-state index >= 15 is 0 Å². The van der Waals surface area contributed by atoms with E-state index in [1.165, 1.54) is 4.57 Å². The lowest BCUT2D eigenvalue weighted by atomic mass is 10.1. The lowest BCUT2D eigenvalue weighted by Gasteiger charge is -2.41. The van der Waals surface area contributed by atoms with Gasteiger partial charge in [-0.25, -0.2) is 14.6 Å². The molecule has 35 heavy (non-hydrogen) atoms. The molecule has 0 bridgehead atoms. The first-order chi connectivity index (χ1) is 16.4. The van der Waals surface area contributed by atoms with Crippen LogP contribution in [0.1, 0.15) is 38.8 Å². The molecular weight excluding hydrogens is 489 g/mol. The molecule has 8 nitrogen and oxygen atoms in total. The highest BCUT2D eigenvalue weighted by atomic mass is 35.5. The molecule has 1 aromatic carbocycles. The van der Waals surface area contributed by atoms with Gasteiger partial charge in [-0.3, -0.25) is 4.57 Å². The third kappa shape index (κ3) is 5.54. The fourth-order valence-corrected chi connectivity index (χ4v) is 4.42. The normalized spacial score (nSPS) is 16.6. The maximum atomic E-state index is 13.2. The Morgan fingerprint density at radius 2 is 1.83 bits per heavy atom. The highest BCUT2D eigenvalue weighted by Gasteiger charge is 2.32. The summed E-state index contributed by atoms with van der Waals surface area (Å²) in [6.07, 6.45) is -0.355. The van der Waals surface area contributed by atoms with Crippen molar-refractivity contribution in [3.8, 4) is 0 Å². The first kappa shape index (κ1) is 25.3. The van der Waals surface area contributed by atoms with Gasteiger partial charge in [0, 0.05) is 25.7 Å². The summed E-state index contributed by atoms with van der Waals surface area (Å²) in [5, 5.41) is 1.03. The highest BCUT2D eigenvalue weighted by molar-refractivity contribution is 6.41. The highest BCUT2D eigenvalue weighted by Crippen LogP contribution is 2.31. The van der Waals surface area contributed by atoms with Crippen LogP contribution in [0.3, 0.4) is 0 Å². The van der Waals surface area contributed by atoms with Crippen molar-refractivity contribution in [1.82, 2.24) is 19.4 Å². The van der Waals surface area contributed by atoms with Crippen molar-refractivity contribution in [3.05, 3.63) is 62.1 Å². The predicted octanol–water partition coefficient (Wildman–Crippen LogP) is 4.90. The summed E-state index contributed by atoms with van der Waals surface area (Å²) in [7, 11) is 0. The molecule has 4 rings (SSSR count). The molecule has 186 valence electrons. The van der Waals surface area contributed by atoms with Gasteiger partial charge in [0.05, 0.1) is 17.0 Å². The van der Waals surface area contributed by atoms with Gasteiger partial charge in [-0.1, -0.05) is 53.0 Å². The number of hydrogen-bond acceptors (Lipinski definition) is 6. The van der Waals surface area contributed by atoms with E-state index in [1.54, 1.807) is 11.0 Å². The second-order valence-electron chi connectivity index (χ2n) is 9.89. The molecule has 3 aromatic rings. The topological polar surface area (TPSA) is 80.6 Å². The van der Waals surface area contributed by atoms with E-state index < -0.39 is 11.3 Å². The van der Waals surface area contributed by atoms with Crippen LogP contribution >= 0.6 is 23.2 Å². The van der Waals surface area contributed by atoms with E-state index in [-0.39, 0.29) is 22.3 Å². The molecule has 0 spiro atoms. The van der Waals surface area contributed by atoms with Gasteiger partial charge < -0.3 is 14.5 Å². The molecule has 3 heterocycles. The lowest BCUT2D eigenvalue weighted by Crippen LogP contribution is -2.55. The Labute approximate surface area is 214 Å². The number of anilines is 1. The summed E-state index contributed by atoms with van der Waals surface area (Å²) >= 11 is 12.6. The van der Waals surface area contributed by atoms with Crippen LogP contribution in [0.5, 0.6) is 0 Å². The standard InChI is InChI=1S/C25H29Cl2N5O3/c1-15-6-8-17(9-7-15)14-32-21-18(12-19(26)20(27)28-21)22(29-23(32)33)31-11-10-30(13-16(31)2)24(34)35-25(3,4)5/h6-9,12,16H,10-11,13-14H2,1-5H3/t16-/m0/s1. The monoisotopic (exact) mass is 517 g/mol. The summed E-state index contributed by atoms with van der Waals surface area (Å²) in [5.41, 5.74) is 1.49. The molecule has 1 aliphatic heterocycles. The molecule has 1 saturated heterocycles. The third-order valence-electron chi connectivity index (χ3n) is 5.85. The van der Waals surface area contributed by atoms with Crippen LogP contribution in [-0.4, -0.2) is 56.8 Å². The van der Waals surface area contributed by atoms with Gasteiger partial charge in [-0.15, -0.1) is 0 Å². The molecule has 1 amide bonds. The number of aryl methyl sites for hydroxylation is 1. The number of rotatable bonds is 3. The molecule has 0 saturated carbocycles. The van der Waals surface area contributed by atoms with Gasteiger partial charge in [0.1, 0.15) is 22.2 Å². The number of nitrogens with zero attached hydrogens (tertiary/aromatic N) is 5. The largest absolute Gasteiger partial charge is 0.444 e. The number of benzene rings is 1. The Morgan fingerprint density at radius 3 is 2.46 bits per heavy atom. The number of carbonyl (C=O) groups is 1. The van der Waals surface area contributed by atoms with Crippen LogP contribution in [0, 0.1) is 6.92 Å². The van der Waals surface area contributed by atoms with Crippen molar-refractivity contribution in [2.45, 2.75) is 52.8 Å². The van der Waals surface area contributed by atoms with Crippen LogP contribution in [0.4, 0.5) is 10.6 Å². The van der Waals surface area contributed by atoms with Crippen molar-refractivity contribution in [1.29, 1.82) is 0 Å². The number of hydrogen-bond donors (Lipinski definition) is 0. The minimum atomic E-state index is -0.571. The van der Waals surface area contributed by atoms with Crippen LogP contribution in [0.2, 0.25) is 10.2 Å². The van der Waals surface area contributed by atoms with Gasteiger partial charge in [0.25, 0.3) is 0 Å². The molecule has 0 aliphatic carbocycles. The minimum absolute atomic E-state index is 0.117. The Kier molecular flexibility index (Phi) is 6.97. The smallest absolute Gasteiger partial charge is 0.410 e. The van der Waals surface area contributed by atoms with Crippen molar-refractivity contribution < 1.29 is 9.53 Å². The lowest BCUT2D eigenvalue weighted by molar-refractivity contribution is 0.0218. The first-order valence-electron chi connectivity index (χ1n) is 11.5. The number of carbonyl (C=O) groups excluding carboxylic acids is 1. The van der Waals surface area contributed by atoms with Gasteiger partial charge in [-0.2, -0.15) is 4.98 Å². The predicted molar refractivity (Wildman–Crippen MR) is 139 cm³/mol. The Bertz CT molecular complexity index is 1320. The number of fused-ring (bicyclic) bond motifs is 1. The number of ether oxygens (including phenoxy) is 1. The second kappa shape index (κ2) is 9.66. The zero-order chi connectivity index (χ0) is 25.5. The van der Waals surface area contributed by atoms with Gasteiger partial charge >= 0.3 is 11.8 Å². The van der Waals surface area contributed by atoms with E-state index in [0.29, 0.717) is 43.0 Å². The van der Waals surface area contributed by atoms with E-state index in [9.17, 15) is 9.59 Å². The zero-order valence-electron chi connectivity index (χ0n) is 20.5. The van der Waals surface area contributed by atoms with Crippen molar-refractivity contribution in [2.24, 2.45) is 0 Å². The second-order valence-corrected chi connectivity index (χ2v) is 10.7. The zero-order valence-corrected chi connectivity index (χ0v) is 22.0. The molecule has 0 radical (unpaired) electrons. The minimum Gasteiger partial charge on any atom is -0.444 e. The van der Waals surface area contributed by atoms with E-state index in [1.807, 2.05) is 63.8 Å². The maximum absolute atomic E-state index is 13.2. The maximum Gasteiger partial charge on any atom is 0.410 e. The summed E-state index contributed by atoms with van der Waals surface area (Å²) in [6, 6.07) is 9.51. The number of halogens is 2. The average molecular weight is 518 g/mol. The van der Waals surface area contributed by atoms with Crippen LogP contribution in [0.15, 0.2) is 35.1 Å². The summed E-state index contributed by atoms with van der Waals surface area (Å²) in [6.45, 7) is 11.2. The fourth-order valence-electron chi connectivity index (χ4n) is 4.13.